The van der Waals surface area contributed by atoms with Crippen molar-refractivity contribution in [2.75, 3.05) is 44.4 Å². The number of pyridine rings is 1. The van der Waals surface area contributed by atoms with E-state index in [4.69, 9.17) is 9.47 Å². The third kappa shape index (κ3) is 3.01. The van der Waals surface area contributed by atoms with E-state index >= 15 is 0 Å². The van der Waals surface area contributed by atoms with Crippen LogP contribution in [0.15, 0.2) is 24.5 Å². The molecule has 2 saturated heterocycles. The molecule has 128 valence electrons. The average Bonchev–Trinajstić information content (AvgIpc) is 3.45. The van der Waals surface area contributed by atoms with E-state index in [-0.39, 0.29) is 24.3 Å². The lowest BCUT2D eigenvalue weighted by molar-refractivity contribution is -0.150. The Kier molecular flexibility index (Phi) is 3.97. The van der Waals surface area contributed by atoms with Gasteiger partial charge in [-0.2, -0.15) is 0 Å². The molecule has 0 radical (unpaired) electrons. The summed E-state index contributed by atoms with van der Waals surface area (Å²) in [6, 6.07) is 3.66. The summed E-state index contributed by atoms with van der Waals surface area (Å²) in [4.78, 5) is 32.4. The molecule has 3 aliphatic rings. The van der Waals surface area contributed by atoms with E-state index in [1.165, 1.54) is 0 Å². The van der Waals surface area contributed by atoms with E-state index < -0.39 is 5.60 Å². The molecule has 0 bridgehead atoms. The molecule has 1 aliphatic carbocycles. The Morgan fingerprint density at radius 2 is 2.21 bits per heavy atom. The highest BCUT2D eigenvalue weighted by atomic mass is 16.6. The number of amides is 2. The summed E-state index contributed by atoms with van der Waals surface area (Å²) >= 11 is 0. The number of rotatable bonds is 2. The summed E-state index contributed by atoms with van der Waals surface area (Å²) in [6.07, 6.45) is 5.30. The summed E-state index contributed by atoms with van der Waals surface area (Å²) in [6.45, 7) is 2.29. The Hall–Kier alpha value is -1.99. The number of nitrogens with zero attached hydrogens (tertiary/aromatic N) is 3. The first-order valence-corrected chi connectivity index (χ1v) is 8.38. The van der Waals surface area contributed by atoms with Gasteiger partial charge < -0.3 is 19.3 Å². The molecule has 1 unspecified atom stereocenters. The average molecular weight is 331 g/mol. The fourth-order valence-corrected chi connectivity index (χ4v) is 3.33. The summed E-state index contributed by atoms with van der Waals surface area (Å²) in [7, 11) is 0. The molecular weight excluding hydrogens is 310 g/mol. The molecular formula is C17H21N3O4. The number of hydrogen-bond acceptors (Lipinski definition) is 5. The second kappa shape index (κ2) is 6.14. The van der Waals surface area contributed by atoms with Crippen molar-refractivity contribution in [3.63, 3.8) is 0 Å². The van der Waals surface area contributed by atoms with Crippen LogP contribution in [0.2, 0.25) is 0 Å². The minimum atomic E-state index is -0.676. The van der Waals surface area contributed by atoms with Crippen LogP contribution in [0.25, 0.3) is 0 Å². The monoisotopic (exact) mass is 331 g/mol. The zero-order chi connectivity index (χ0) is 16.6. The first-order chi connectivity index (χ1) is 11.7. The van der Waals surface area contributed by atoms with Crippen LogP contribution in [-0.2, 0) is 19.1 Å². The molecule has 2 aliphatic heterocycles. The molecule has 1 aromatic heterocycles. The summed E-state index contributed by atoms with van der Waals surface area (Å²) in [5.74, 6) is 0.256. The highest BCUT2D eigenvalue weighted by molar-refractivity contribution is 5.95. The van der Waals surface area contributed by atoms with E-state index in [0.29, 0.717) is 32.8 Å². The van der Waals surface area contributed by atoms with Gasteiger partial charge in [0.1, 0.15) is 12.2 Å². The molecule has 1 spiro atoms. The molecule has 1 aromatic rings. The molecule has 3 heterocycles. The number of anilines is 1. The van der Waals surface area contributed by atoms with Crippen LogP contribution in [0.4, 0.5) is 5.69 Å². The molecule has 4 rings (SSSR count). The quantitative estimate of drug-likeness (QED) is 0.787. The topological polar surface area (TPSA) is 72.0 Å². The SMILES string of the molecule is O=C(C1CC1)N1CCOCC2(C1)CN(c1cccnc1)C(=O)CO2. The van der Waals surface area contributed by atoms with Crippen LogP contribution in [-0.4, -0.2) is 66.8 Å². The molecule has 1 atom stereocenters. The first-order valence-electron chi connectivity index (χ1n) is 8.38. The lowest BCUT2D eigenvalue weighted by atomic mass is 10.0. The Bertz CT molecular complexity index is 634. The fraction of sp³-hybridized carbons (Fsp3) is 0.588. The Morgan fingerprint density at radius 3 is 2.96 bits per heavy atom. The van der Waals surface area contributed by atoms with Crippen molar-refractivity contribution in [3.05, 3.63) is 24.5 Å². The fourth-order valence-electron chi connectivity index (χ4n) is 3.33. The van der Waals surface area contributed by atoms with E-state index in [2.05, 4.69) is 4.98 Å². The van der Waals surface area contributed by atoms with Crippen LogP contribution in [0.3, 0.4) is 0 Å². The van der Waals surface area contributed by atoms with Crippen molar-refractivity contribution in [2.24, 2.45) is 5.92 Å². The van der Waals surface area contributed by atoms with Gasteiger partial charge in [0.2, 0.25) is 5.91 Å². The van der Waals surface area contributed by atoms with Gasteiger partial charge in [-0.05, 0) is 25.0 Å². The van der Waals surface area contributed by atoms with Gasteiger partial charge >= 0.3 is 0 Å². The molecule has 0 aromatic carbocycles. The number of aromatic nitrogens is 1. The highest BCUT2D eigenvalue weighted by Gasteiger charge is 2.45. The molecule has 24 heavy (non-hydrogen) atoms. The Balaban J connectivity index is 1.56. The zero-order valence-corrected chi connectivity index (χ0v) is 13.5. The van der Waals surface area contributed by atoms with Crippen molar-refractivity contribution in [1.82, 2.24) is 9.88 Å². The van der Waals surface area contributed by atoms with Crippen molar-refractivity contribution < 1.29 is 19.1 Å². The minimum Gasteiger partial charge on any atom is -0.376 e. The van der Waals surface area contributed by atoms with Crippen molar-refractivity contribution in [2.45, 2.75) is 18.4 Å². The Morgan fingerprint density at radius 1 is 1.33 bits per heavy atom. The number of ether oxygens (including phenoxy) is 2. The van der Waals surface area contributed by atoms with E-state index in [1.807, 2.05) is 11.0 Å². The minimum absolute atomic E-state index is 0.0102. The van der Waals surface area contributed by atoms with Gasteiger partial charge in [0.15, 0.2) is 0 Å². The van der Waals surface area contributed by atoms with Gasteiger partial charge in [-0.1, -0.05) is 0 Å². The molecule has 7 heteroatoms. The number of hydrogen-bond donors (Lipinski definition) is 0. The van der Waals surface area contributed by atoms with Crippen molar-refractivity contribution >= 4 is 17.5 Å². The molecule has 2 amide bonds. The van der Waals surface area contributed by atoms with Crippen molar-refractivity contribution in [1.29, 1.82) is 0 Å². The summed E-state index contributed by atoms with van der Waals surface area (Å²) in [5, 5.41) is 0. The normalized spacial score (nSPS) is 28.1. The third-order valence-corrected chi connectivity index (χ3v) is 4.79. The predicted molar refractivity (Wildman–Crippen MR) is 85.4 cm³/mol. The molecule has 0 N–H and O–H groups in total. The number of carbonyl (C=O) groups excluding carboxylic acids is 2. The lowest BCUT2D eigenvalue weighted by Crippen LogP contribution is -2.61. The van der Waals surface area contributed by atoms with Gasteiger partial charge in [0, 0.05) is 18.7 Å². The second-order valence-corrected chi connectivity index (χ2v) is 6.75. The lowest BCUT2D eigenvalue weighted by Gasteiger charge is -2.42. The van der Waals surface area contributed by atoms with Gasteiger partial charge in [-0.25, -0.2) is 0 Å². The summed E-state index contributed by atoms with van der Waals surface area (Å²) in [5.41, 5.74) is 0.0691. The standard InChI is InChI=1S/C17H21N3O4/c21-15-9-24-17(11-20(15)14-2-1-5-18-8-14)10-19(6-7-23-12-17)16(22)13-3-4-13/h1-2,5,8,13H,3-4,6-7,9-12H2. The van der Waals surface area contributed by atoms with Gasteiger partial charge in [-0.15, -0.1) is 0 Å². The largest absolute Gasteiger partial charge is 0.376 e. The Labute approximate surface area is 140 Å². The van der Waals surface area contributed by atoms with Crippen LogP contribution in [0.5, 0.6) is 0 Å². The van der Waals surface area contributed by atoms with Crippen LogP contribution < -0.4 is 4.90 Å². The predicted octanol–water partition coefficient (Wildman–Crippen LogP) is 0.452. The molecule has 1 saturated carbocycles. The maximum absolute atomic E-state index is 12.5. The smallest absolute Gasteiger partial charge is 0.253 e. The third-order valence-electron chi connectivity index (χ3n) is 4.79. The summed E-state index contributed by atoms with van der Waals surface area (Å²) < 4.78 is 11.6. The van der Waals surface area contributed by atoms with Crippen LogP contribution >= 0.6 is 0 Å². The van der Waals surface area contributed by atoms with Crippen LogP contribution in [0.1, 0.15) is 12.8 Å². The number of morpholine rings is 1. The first kappa shape index (κ1) is 15.5. The second-order valence-electron chi connectivity index (χ2n) is 6.75. The van der Waals surface area contributed by atoms with Gasteiger partial charge in [0.05, 0.1) is 38.2 Å². The van der Waals surface area contributed by atoms with E-state index in [1.54, 1.807) is 23.4 Å². The van der Waals surface area contributed by atoms with E-state index in [9.17, 15) is 9.59 Å². The molecule has 7 nitrogen and oxygen atoms in total. The maximum atomic E-state index is 12.5. The molecule has 3 fully saturated rings. The number of carbonyl (C=O) groups is 2. The van der Waals surface area contributed by atoms with E-state index in [0.717, 1.165) is 18.5 Å². The highest BCUT2D eigenvalue weighted by Crippen LogP contribution is 2.33. The van der Waals surface area contributed by atoms with Crippen molar-refractivity contribution in [3.8, 4) is 0 Å². The maximum Gasteiger partial charge on any atom is 0.253 e. The zero-order valence-electron chi connectivity index (χ0n) is 13.5. The van der Waals surface area contributed by atoms with Gasteiger partial charge in [-0.3, -0.25) is 14.6 Å². The van der Waals surface area contributed by atoms with Gasteiger partial charge in [0.25, 0.3) is 5.91 Å². The van der Waals surface area contributed by atoms with Crippen LogP contribution in [0, 0.1) is 5.92 Å².